The van der Waals surface area contributed by atoms with Crippen LogP contribution < -0.4 is 5.32 Å². The maximum Gasteiger partial charge on any atom is 0.129 e. The normalized spacial score (nSPS) is 12.5. The lowest BCUT2D eigenvalue weighted by molar-refractivity contribution is 0.575. The number of halogens is 4. The summed E-state index contributed by atoms with van der Waals surface area (Å²) in [6, 6.07) is 10.5. The lowest BCUT2D eigenvalue weighted by Gasteiger charge is -2.18. The summed E-state index contributed by atoms with van der Waals surface area (Å²) in [4.78, 5) is 0. The van der Waals surface area contributed by atoms with Gasteiger partial charge in [-0.2, -0.15) is 0 Å². The average molecular weight is 408 g/mol. The van der Waals surface area contributed by atoms with E-state index in [0.717, 1.165) is 10.0 Å². The molecule has 19 heavy (non-hydrogen) atoms. The van der Waals surface area contributed by atoms with Crippen LogP contribution >= 0.6 is 43.5 Å². The van der Waals surface area contributed by atoms with Crippen molar-refractivity contribution in [3.63, 3.8) is 0 Å². The van der Waals surface area contributed by atoms with Gasteiger partial charge in [-0.25, -0.2) is 4.39 Å². The van der Waals surface area contributed by atoms with Crippen LogP contribution in [0.5, 0.6) is 0 Å². The highest BCUT2D eigenvalue weighted by molar-refractivity contribution is 9.10. The van der Waals surface area contributed by atoms with Gasteiger partial charge in [0, 0.05) is 14.5 Å². The van der Waals surface area contributed by atoms with Crippen molar-refractivity contribution in [2.24, 2.45) is 0 Å². The van der Waals surface area contributed by atoms with Gasteiger partial charge in [-0.05, 0) is 52.8 Å². The fourth-order valence-electron chi connectivity index (χ4n) is 1.92. The molecular formula is C14H11Br2ClFN. The van der Waals surface area contributed by atoms with Crippen molar-refractivity contribution in [2.45, 2.75) is 6.04 Å². The number of benzene rings is 2. The third kappa shape index (κ3) is 3.37. The number of hydrogen-bond acceptors (Lipinski definition) is 1. The molecule has 1 nitrogen and oxygen atoms in total. The van der Waals surface area contributed by atoms with Crippen LogP contribution in [0.3, 0.4) is 0 Å². The molecule has 2 rings (SSSR count). The van der Waals surface area contributed by atoms with E-state index in [0.29, 0.717) is 15.1 Å². The summed E-state index contributed by atoms with van der Waals surface area (Å²) in [7, 11) is 1.79. The quantitative estimate of drug-likeness (QED) is 0.680. The molecule has 0 radical (unpaired) electrons. The van der Waals surface area contributed by atoms with E-state index in [-0.39, 0.29) is 11.9 Å². The average Bonchev–Trinajstić information content (AvgIpc) is 2.38. The Morgan fingerprint density at radius 2 is 1.79 bits per heavy atom. The van der Waals surface area contributed by atoms with Crippen molar-refractivity contribution >= 4 is 43.5 Å². The van der Waals surface area contributed by atoms with Gasteiger partial charge in [-0.1, -0.05) is 39.7 Å². The van der Waals surface area contributed by atoms with E-state index in [4.69, 9.17) is 11.6 Å². The minimum atomic E-state index is -0.293. The van der Waals surface area contributed by atoms with Gasteiger partial charge < -0.3 is 5.32 Å². The fraction of sp³-hybridized carbons (Fsp3) is 0.143. The molecule has 0 bridgehead atoms. The van der Waals surface area contributed by atoms with Gasteiger partial charge in [0.05, 0.1) is 11.1 Å². The molecule has 0 heterocycles. The molecule has 100 valence electrons. The van der Waals surface area contributed by atoms with Crippen molar-refractivity contribution < 1.29 is 4.39 Å². The second-order valence-corrected chi connectivity index (χ2v) is 6.24. The Kier molecular flexibility index (Phi) is 5.01. The summed E-state index contributed by atoms with van der Waals surface area (Å²) in [5.74, 6) is -0.293. The summed E-state index contributed by atoms with van der Waals surface area (Å²) in [5.41, 5.74) is 1.50. The SMILES string of the molecule is CNC(c1ccc(Br)cc1)c1cc(Cl)c(Br)cc1F. The van der Waals surface area contributed by atoms with Crippen molar-refractivity contribution in [3.05, 3.63) is 67.3 Å². The van der Waals surface area contributed by atoms with E-state index in [1.165, 1.54) is 6.07 Å². The second-order valence-electron chi connectivity index (χ2n) is 4.06. The van der Waals surface area contributed by atoms with Crippen LogP contribution in [-0.2, 0) is 0 Å². The summed E-state index contributed by atoms with van der Waals surface area (Å²) in [6.07, 6.45) is 0. The number of nitrogens with one attached hydrogen (secondary N) is 1. The molecule has 0 aliphatic heterocycles. The van der Waals surface area contributed by atoms with Gasteiger partial charge in [-0.3, -0.25) is 0 Å². The molecule has 0 aliphatic rings. The first-order valence-corrected chi connectivity index (χ1v) is 7.56. The van der Waals surface area contributed by atoms with Crippen LogP contribution in [0, 0.1) is 5.82 Å². The molecule has 0 saturated heterocycles. The Balaban J connectivity index is 2.47. The van der Waals surface area contributed by atoms with Crippen molar-refractivity contribution in [1.82, 2.24) is 5.32 Å². The lowest BCUT2D eigenvalue weighted by atomic mass is 9.98. The zero-order chi connectivity index (χ0) is 14.0. The van der Waals surface area contributed by atoms with Crippen LogP contribution in [0.25, 0.3) is 0 Å². The third-order valence-electron chi connectivity index (χ3n) is 2.84. The fourth-order valence-corrected chi connectivity index (χ4v) is 2.67. The molecule has 0 amide bonds. The molecule has 2 aromatic rings. The van der Waals surface area contributed by atoms with E-state index < -0.39 is 0 Å². The Morgan fingerprint density at radius 1 is 1.16 bits per heavy atom. The van der Waals surface area contributed by atoms with Crippen LogP contribution in [-0.4, -0.2) is 7.05 Å². The monoisotopic (exact) mass is 405 g/mol. The van der Waals surface area contributed by atoms with Gasteiger partial charge in [0.25, 0.3) is 0 Å². The summed E-state index contributed by atoms with van der Waals surface area (Å²) in [6.45, 7) is 0. The summed E-state index contributed by atoms with van der Waals surface area (Å²) < 4.78 is 15.6. The van der Waals surface area contributed by atoms with Crippen LogP contribution in [0.15, 0.2) is 45.3 Å². The summed E-state index contributed by atoms with van der Waals surface area (Å²) in [5, 5.41) is 3.61. The zero-order valence-electron chi connectivity index (χ0n) is 10.1. The minimum Gasteiger partial charge on any atom is -0.309 e. The Morgan fingerprint density at radius 3 is 2.37 bits per heavy atom. The zero-order valence-corrected chi connectivity index (χ0v) is 14.0. The van der Waals surface area contributed by atoms with E-state index in [1.807, 2.05) is 24.3 Å². The molecular weight excluding hydrogens is 396 g/mol. The predicted molar refractivity (Wildman–Crippen MR) is 84.2 cm³/mol. The van der Waals surface area contributed by atoms with Gasteiger partial charge in [-0.15, -0.1) is 0 Å². The molecule has 2 aromatic carbocycles. The lowest BCUT2D eigenvalue weighted by Crippen LogP contribution is -2.19. The van der Waals surface area contributed by atoms with Crippen LogP contribution in [0.2, 0.25) is 5.02 Å². The molecule has 1 N–H and O–H groups in total. The molecule has 1 unspecified atom stereocenters. The third-order valence-corrected chi connectivity index (χ3v) is 4.57. The molecule has 0 aliphatic carbocycles. The van der Waals surface area contributed by atoms with E-state index in [9.17, 15) is 4.39 Å². The molecule has 0 spiro atoms. The van der Waals surface area contributed by atoms with Gasteiger partial charge in [0.15, 0.2) is 0 Å². The highest BCUT2D eigenvalue weighted by atomic mass is 79.9. The van der Waals surface area contributed by atoms with Crippen molar-refractivity contribution in [3.8, 4) is 0 Å². The molecule has 1 atom stereocenters. The molecule has 0 aromatic heterocycles. The Bertz CT molecular complexity index is 587. The maximum absolute atomic E-state index is 14.1. The second kappa shape index (κ2) is 6.35. The highest BCUT2D eigenvalue weighted by Gasteiger charge is 2.18. The first-order valence-electron chi connectivity index (χ1n) is 5.60. The maximum atomic E-state index is 14.1. The standard InChI is InChI=1S/C14H11Br2ClFN/c1-19-14(8-2-4-9(15)5-3-8)10-6-12(17)11(16)7-13(10)18/h2-7,14,19H,1H3. The van der Waals surface area contributed by atoms with Gasteiger partial charge in [0.2, 0.25) is 0 Å². The topological polar surface area (TPSA) is 12.0 Å². The molecule has 0 saturated carbocycles. The van der Waals surface area contributed by atoms with Crippen LogP contribution in [0.1, 0.15) is 17.2 Å². The minimum absolute atomic E-state index is 0.237. The Hall–Kier alpha value is -0.420. The Labute approximate surface area is 133 Å². The summed E-state index contributed by atoms with van der Waals surface area (Å²) >= 11 is 12.7. The highest BCUT2D eigenvalue weighted by Crippen LogP contribution is 2.31. The van der Waals surface area contributed by atoms with E-state index in [2.05, 4.69) is 37.2 Å². The number of rotatable bonds is 3. The van der Waals surface area contributed by atoms with E-state index >= 15 is 0 Å². The van der Waals surface area contributed by atoms with E-state index in [1.54, 1.807) is 13.1 Å². The predicted octanol–water partition coefficient (Wildman–Crippen LogP) is 5.31. The molecule has 5 heteroatoms. The first-order chi connectivity index (χ1) is 9.02. The van der Waals surface area contributed by atoms with Gasteiger partial charge in [0.1, 0.15) is 5.82 Å². The van der Waals surface area contributed by atoms with Crippen molar-refractivity contribution in [2.75, 3.05) is 7.05 Å². The van der Waals surface area contributed by atoms with Crippen LogP contribution in [0.4, 0.5) is 4.39 Å². The van der Waals surface area contributed by atoms with Gasteiger partial charge >= 0.3 is 0 Å². The number of hydrogen-bond donors (Lipinski definition) is 1. The smallest absolute Gasteiger partial charge is 0.129 e. The first kappa shape index (κ1) is 15.0. The van der Waals surface area contributed by atoms with Crippen molar-refractivity contribution in [1.29, 1.82) is 0 Å². The molecule has 0 fully saturated rings. The largest absolute Gasteiger partial charge is 0.309 e.